The zero-order valence-electron chi connectivity index (χ0n) is 16.9. The SMILES string of the molecule is Clc1cccc(COc2ccccc2CNc2ccc(N3CCCCC3)c(Cl)c2)c1. The topological polar surface area (TPSA) is 24.5 Å². The maximum absolute atomic E-state index is 6.59. The lowest BCUT2D eigenvalue weighted by Crippen LogP contribution is -2.29. The molecule has 1 N–H and O–H groups in total. The van der Waals surface area contributed by atoms with Gasteiger partial charge in [0, 0.05) is 35.9 Å². The van der Waals surface area contributed by atoms with Gasteiger partial charge in [0.2, 0.25) is 0 Å². The summed E-state index contributed by atoms with van der Waals surface area (Å²) in [4.78, 5) is 2.38. The number of benzene rings is 3. The Balaban J connectivity index is 1.39. The van der Waals surface area contributed by atoms with E-state index in [0.29, 0.717) is 13.2 Å². The minimum atomic E-state index is 0.480. The number of nitrogens with zero attached hydrogens (tertiary/aromatic N) is 1. The Morgan fingerprint density at radius 3 is 2.50 bits per heavy atom. The molecule has 0 bridgehead atoms. The van der Waals surface area contributed by atoms with E-state index < -0.39 is 0 Å². The number of para-hydroxylation sites is 1. The molecule has 0 saturated carbocycles. The predicted molar refractivity (Wildman–Crippen MR) is 127 cm³/mol. The van der Waals surface area contributed by atoms with E-state index in [-0.39, 0.29) is 0 Å². The van der Waals surface area contributed by atoms with Crippen LogP contribution in [0.2, 0.25) is 10.0 Å². The van der Waals surface area contributed by atoms with Gasteiger partial charge in [-0.25, -0.2) is 0 Å². The molecule has 1 fully saturated rings. The molecule has 3 aromatic rings. The minimum absolute atomic E-state index is 0.480. The average molecular weight is 441 g/mol. The molecule has 0 spiro atoms. The fourth-order valence-electron chi connectivity index (χ4n) is 3.78. The Morgan fingerprint density at radius 1 is 0.867 bits per heavy atom. The summed E-state index contributed by atoms with van der Waals surface area (Å²) in [5.41, 5.74) is 4.28. The molecule has 1 saturated heterocycles. The van der Waals surface area contributed by atoms with E-state index in [1.165, 1.54) is 19.3 Å². The van der Waals surface area contributed by atoms with Gasteiger partial charge in [0.1, 0.15) is 12.4 Å². The van der Waals surface area contributed by atoms with Crippen LogP contribution < -0.4 is 15.0 Å². The van der Waals surface area contributed by atoms with Gasteiger partial charge in [-0.3, -0.25) is 0 Å². The molecule has 5 heteroatoms. The van der Waals surface area contributed by atoms with Crippen molar-refractivity contribution in [2.75, 3.05) is 23.3 Å². The van der Waals surface area contributed by atoms with E-state index in [1.54, 1.807) is 0 Å². The first-order valence-corrected chi connectivity index (χ1v) is 11.2. The average Bonchev–Trinajstić information content (AvgIpc) is 2.77. The van der Waals surface area contributed by atoms with E-state index in [1.807, 2.05) is 48.5 Å². The Labute approximate surface area is 188 Å². The summed E-state index contributed by atoms with van der Waals surface area (Å²) in [5, 5.41) is 4.99. The van der Waals surface area contributed by atoms with Crippen LogP contribution in [0.3, 0.4) is 0 Å². The van der Waals surface area contributed by atoms with Gasteiger partial charge in [-0.1, -0.05) is 53.5 Å². The number of ether oxygens (including phenoxy) is 1. The van der Waals surface area contributed by atoms with Crippen LogP contribution in [0.5, 0.6) is 5.75 Å². The Bertz CT molecular complexity index is 986. The summed E-state index contributed by atoms with van der Waals surface area (Å²) in [6, 6.07) is 22.1. The quantitative estimate of drug-likeness (QED) is 0.421. The molecular formula is C25H26Cl2N2O. The zero-order chi connectivity index (χ0) is 20.8. The third-order valence-electron chi connectivity index (χ3n) is 5.38. The van der Waals surface area contributed by atoms with Crippen molar-refractivity contribution in [3.8, 4) is 5.75 Å². The summed E-state index contributed by atoms with van der Waals surface area (Å²) >= 11 is 12.7. The van der Waals surface area contributed by atoms with Crippen molar-refractivity contribution in [2.24, 2.45) is 0 Å². The molecule has 1 aliphatic rings. The van der Waals surface area contributed by atoms with Crippen LogP contribution in [-0.4, -0.2) is 13.1 Å². The van der Waals surface area contributed by atoms with Gasteiger partial charge in [-0.2, -0.15) is 0 Å². The molecule has 3 nitrogen and oxygen atoms in total. The molecule has 0 aromatic heterocycles. The van der Waals surface area contributed by atoms with Crippen molar-refractivity contribution in [1.82, 2.24) is 0 Å². The fraction of sp³-hybridized carbons (Fsp3) is 0.280. The molecule has 4 rings (SSSR count). The van der Waals surface area contributed by atoms with Gasteiger partial charge >= 0.3 is 0 Å². The number of halogens is 2. The number of hydrogen-bond acceptors (Lipinski definition) is 3. The zero-order valence-corrected chi connectivity index (χ0v) is 18.4. The van der Waals surface area contributed by atoms with Crippen molar-refractivity contribution < 1.29 is 4.74 Å². The van der Waals surface area contributed by atoms with Crippen LogP contribution in [0, 0.1) is 0 Å². The van der Waals surface area contributed by atoms with Gasteiger partial charge < -0.3 is 15.0 Å². The van der Waals surface area contributed by atoms with Crippen LogP contribution in [-0.2, 0) is 13.2 Å². The highest BCUT2D eigenvalue weighted by Crippen LogP contribution is 2.31. The second kappa shape index (κ2) is 10.1. The van der Waals surface area contributed by atoms with E-state index in [4.69, 9.17) is 27.9 Å². The number of rotatable bonds is 7. The fourth-order valence-corrected chi connectivity index (χ4v) is 4.30. The lowest BCUT2D eigenvalue weighted by atomic mass is 10.1. The molecular weight excluding hydrogens is 415 g/mol. The van der Waals surface area contributed by atoms with Crippen LogP contribution in [0.4, 0.5) is 11.4 Å². The highest BCUT2D eigenvalue weighted by molar-refractivity contribution is 6.33. The minimum Gasteiger partial charge on any atom is -0.489 e. The molecule has 0 atom stereocenters. The summed E-state index contributed by atoms with van der Waals surface area (Å²) in [6.45, 7) is 3.31. The van der Waals surface area contributed by atoms with E-state index in [9.17, 15) is 0 Å². The van der Waals surface area contributed by atoms with Crippen molar-refractivity contribution in [1.29, 1.82) is 0 Å². The summed E-state index contributed by atoms with van der Waals surface area (Å²) in [7, 11) is 0. The van der Waals surface area contributed by atoms with Gasteiger partial charge in [0.25, 0.3) is 0 Å². The summed E-state index contributed by atoms with van der Waals surface area (Å²) in [5.74, 6) is 0.862. The molecule has 3 aromatic carbocycles. The Hall–Kier alpha value is -2.36. The first kappa shape index (κ1) is 20.9. The maximum Gasteiger partial charge on any atom is 0.124 e. The van der Waals surface area contributed by atoms with Gasteiger partial charge in [0.05, 0.1) is 10.7 Å². The smallest absolute Gasteiger partial charge is 0.124 e. The molecule has 1 heterocycles. The maximum atomic E-state index is 6.59. The van der Waals surface area contributed by atoms with Crippen molar-refractivity contribution in [3.63, 3.8) is 0 Å². The molecule has 0 radical (unpaired) electrons. The Morgan fingerprint density at radius 2 is 1.70 bits per heavy atom. The number of nitrogens with one attached hydrogen (secondary N) is 1. The number of piperidine rings is 1. The van der Waals surface area contributed by atoms with E-state index in [0.717, 1.165) is 51.4 Å². The van der Waals surface area contributed by atoms with Crippen molar-refractivity contribution in [2.45, 2.75) is 32.4 Å². The summed E-state index contributed by atoms with van der Waals surface area (Å²) in [6.07, 6.45) is 3.79. The predicted octanol–water partition coefficient (Wildman–Crippen LogP) is 7.17. The third kappa shape index (κ3) is 5.41. The van der Waals surface area contributed by atoms with E-state index in [2.05, 4.69) is 28.4 Å². The largest absolute Gasteiger partial charge is 0.489 e. The molecule has 1 aliphatic heterocycles. The third-order valence-corrected chi connectivity index (χ3v) is 5.92. The van der Waals surface area contributed by atoms with Crippen molar-refractivity contribution in [3.05, 3.63) is 87.9 Å². The van der Waals surface area contributed by atoms with Crippen LogP contribution in [0.25, 0.3) is 0 Å². The lowest BCUT2D eigenvalue weighted by Gasteiger charge is -2.29. The normalized spacial score (nSPS) is 13.9. The van der Waals surface area contributed by atoms with E-state index >= 15 is 0 Å². The number of anilines is 2. The first-order valence-electron chi connectivity index (χ1n) is 10.4. The second-order valence-electron chi connectivity index (χ2n) is 7.59. The van der Waals surface area contributed by atoms with Crippen molar-refractivity contribution >= 4 is 34.6 Å². The van der Waals surface area contributed by atoms with Gasteiger partial charge in [-0.05, 0) is 61.2 Å². The standard InChI is InChI=1S/C25H26Cl2N2O/c26-21-9-6-7-19(15-21)18-30-25-10-3-2-8-20(25)17-28-22-11-12-24(23(27)16-22)29-13-4-1-5-14-29/h2-3,6-12,15-16,28H,1,4-5,13-14,17-18H2. The van der Waals surface area contributed by atoms with Crippen LogP contribution in [0.15, 0.2) is 66.7 Å². The highest BCUT2D eigenvalue weighted by Gasteiger charge is 2.14. The summed E-state index contributed by atoms with van der Waals surface area (Å²) < 4.78 is 6.06. The molecule has 156 valence electrons. The van der Waals surface area contributed by atoms with Gasteiger partial charge in [-0.15, -0.1) is 0 Å². The Kier molecular flexibility index (Phi) is 7.03. The molecule has 0 aliphatic carbocycles. The van der Waals surface area contributed by atoms with Crippen LogP contribution >= 0.6 is 23.2 Å². The number of hydrogen-bond donors (Lipinski definition) is 1. The highest BCUT2D eigenvalue weighted by atomic mass is 35.5. The van der Waals surface area contributed by atoms with Gasteiger partial charge in [0.15, 0.2) is 0 Å². The molecule has 0 amide bonds. The molecule has 30 heavy (non-hydrogen) atoms. The monoisotopic (exact) mass is 440 g/mol. The van der Waals surface area contributed by atoms with Crippen LogP contribution in [0.1, 0.15) is 30.4 Å². The second-order valence-corrected chi connectivity index (χ2v) is 8.44. The molecule has 0 unspecified atom stereocenters. The first-order chi connectivity index (χ1) is 14.7. The lowest BCUT2D eigenvalue weighted by molar-refractivity contribution is 0.303.